The van der Waals surface area contributed by atoms with Gasteiger partial charge in [0.05, 0.1) is 0 Å². The van der Waals surface area contributed by atoms with Crippen molar-refractivity contribution >= 4 is 15.9 Å². The van der Waals surface area contributed by atoms with Gasteiger partial charge >= 0.3 is 0 Å². The lowest BCUT2D eigenvalue weighted by molar-refractivity contribution is 0.724. The third-order valence-electron chi connectivity index (χ3n) is 2.46. The van der Waals surface area contributed by atoms with Crippen LogP contribution in [0.5, 0.6) is 0 Å². The molecule has 0 spiro atoms. The summed E-state index contributed by atoms with van der Waals surface area (Å²) in [5.41, 5.74) is 2.82. The van der Waals surface area contributed by atoms with Gasteiger partial charge in [-0.15, -0.1) is 0 Å². The van der Waals surface area contributed by atoms with Gasteiger partial charge in [-0.1, -0.05) is 46.6 Å². The Labute approximate surface area is 107 Å². The lowest BCUT2D eigenvalue weighted by Gasteiger charge is -2.03. The van der Waals surface area contributed by atoms with Crippen molar-refractivity contribution in [3.05, 3.63) is 46.0 Å². The van der Waals surface area contributed by atoms with Crippen molar-refractivity contribution in [2.45, 2.75) is 26.7 Å². The molecular weight excluding hydrogens is 262 g/mol. The maximum absolute atomic E-state index is 3.45. The highest BCUT2D eigenvalue weighted by Gasteiger charge is 1.94. The van der Waals surface area contributed by atoms with E-state index in [0.717, 1.165) is 30.4 Å². The Morgan fingerprint density at radius 3 is 2.62 bits per heavy atom. The van der Waals surface area contributed by atoms with Gasteiger partial charge in [0, 0.05) is 4.47 Å². The summed E-state index contributed by atoms with van der Waals surface area (Å²) in [6, 6.07) is 8.54. The van der Waals surface area contributed by atoms with Gasteiger partial charge in [0.1, 0.15) is 0 Å². The minimum absolute atomic E-state index is 1.05. The lowest BCUT2D eigenvalue weighted by atomic mass is 10.1. The van der Waals surface area contributed by atoms with Gasteiger partial charge in [-0.3, -0.25) is 0 Å². The second kappa shape index (κ2) is 7.64. The summed E-state index contributed by atoms with van der Waals surface area (Å²) in [6.45, 7) is 6.47. The molecule has 0 atom stereocenters. The Morgan fingerprint density at radius 2 is 2.00 bits per heavy atom. The number of hydrogen-bond donors (Lipinski definition) is 1. The monoisotopic (exact) mass is 281 g/mol. The van der Waals surface area contributed by atoms with E-state index in [1.54, 1.807) is 0 Å². The highest BCUT2D eigenvalue weighted by atomic mass is 79.9. The molecule has 0 saturated heterocycles. The van der Waals surface area contributed by atoms with Crippen LogP contribution in [-0.4, -0.2) is 13.1 Å². The third-order valence-corrected chi connectivity index (χ3v) is 2.99. The lowest BCUT2D eigenvalue weighted by Crippen LogP contribution is -2.13. The largest absolute Gasteiger partial charge is 0.317 e. The third kappa shape index (κ3) is 5.47. The van der Waals surface area contributed by atoms with Crippen LogP contribution in [0.4, 0.5) is 0 Å². The average molecular weight is 282 g/mol. The van der Waals surface area contributed by atoms with Crippen LogP contribution in [0, 0.1) is 0 Å². The van der Waals surface area contributed by atoms with E-state index in [0.29, 0.717) is 0 Å². The number of hydrogen-bond acceptors (Lipinski definition) is 1. The molecule has 0 unspecified atom stereocenters. The zero-order valence-electron chi connectivity index (χ0n) is 10.1. The molecule has 1 nitrogen and oxygen atoms in total. The van der Waals surface area contributed by atoms with Gasteiger partial charge in [-0.05, 0) is 50.6 Å². The first kappa shape index (κ1) is 13.5. The predicted octanol–water partition coefficient (Wildman–Crippen LogP) is 3.94. The summed E-state index contributed by atoms with van der Waals surface area (Å²) >= 11 is 3.45. The molecule has 0 radical (unpaired) electrons. The summed E-state index contributed by atoms with van der Waals surface area (Å²) in [4.78, 5) is 0. The summed E-state index contributed by atoms with van der Waals surface area (Å²) < 4.78 is 1.14. The average Bonchev–Trinajstić information content (AvgIpc) is 2.28. The Balaban J connectivity index is 2.38. The Kier molecular flexibility index (Phi) is 6.43. The molecule has 0 aliphatic rings. The van der Waals surface area contributed by atoms with Gasteiger partial charge < -0.3 is 5.32 Å². The highest BCUT2D eigenvalue weighted by Crippen LogP contribution is 2.13. The Hall–Kier alpha value is -0.600. The van der Waals surface area contributed by atoms with Gasteiger partial charge in [-0.25, -0.2) is 0 Å². The zero-order valence-corrected chi connectivity index (χ0v) is 11.7. The summed E-state index contributed by atoms with van der Waals surface area (Å²) in [7, 11) is 0. The van der Waals surface area contributed by atoms with Crippen molar-refractivity contribution in [1.82, 2.24) is 5.32 Å². The number of allylic oxidation sites excluding steroid dienone is 1. The van der Waals surface area contributed by atoms with E-state index in [-0.39, 0.29) is 0 Å². The summed E-state index contributed by atoms with van der Waals surface area (Å²) in [6.07, 6.45) is 4.50. The van der Waals surface area contributed by atoms with Gasteiger partial charge in [-0.2, -0.15) is 0 Å². The minimum Gasteiger partial charge on any atom is -0.317 e. The molecule has 1 aromatic rings. The van der Waals surface area contributed by atoms with Crippen molar-refractivity contribution in [3.63, 3.8) is 0 Å². The van der Waals surface area contributed by atoms with Crippen LogP contribution in [0.3, 0.4) is 0 Å². The number of rotatable bonds is 6. The minimum atomic E-state index is 1.05. The summed E-state index contributed by atoms with van der Waals surface area (Å²) in [5.74, 6) is 0. The topological polar surface area (TPSA) is 12.0 Å². The Morgan fingerprint density at radius 1 is 1.31 bits per heavy atom. The molecule has 0 aliphatic carbocycles. The molecule has 1 rings (SSSR count). The van der Waals surface area contributed by atoms with Crippen LogP contribution in [0.15, 0.2) is 40.4 Å². The van der Waals surface area contributed by atoms with Gasteiger partial charge in [0.15, 0.2) is 0 Å². The van der Waals surface area contributed by atoms with E-state index >= 15 is 0 Å². The highest BCUT2D eigenvalue weighted by molar-refractivity contribution is 9.10. The molecule has 0 bridgehead atoms. The molecule has 0 aromatic heterocycles. The molecule has 1 N–H and O–H groups in total. The number of halogens is 1. The van der Waals surface area contributed by atoms with Crippen molar-refractivity contribution < 1.29 is 0 Å². The standard InChI is InChI=1S/C14H20BrN/c1-3-16-10-4-5-12(2)11-13-6-8-14(15)9-7-13/h5-9,16H,3-4,10-11H2,1-2H3. The van der Waals surface area contributed by atoms with Crippen LogP contribution in [0.25, 0.3) is 0 Å². The van der Waals surface area contributed by atoms with Gasteiger partial charge in [0.25, 0.3) is 0 Å². The molecule has 2 heteroatoms. The molecule has 0 fully saturated rings. The smallest absolute Gasteiger partial charge is 0.0175 e. The van der Waals surface area contributed by atoms with E-state index in [2.05, 4.69) is 65.4 Å². The van der Waals surface area contributed by atoms with E-state index in [1.165, 1.54) is 11.1 Å². The molecule has 16 heavy (non-hydrogen) atoms. The molecule has 88 valence electrons. The molecule has 1 aromatic carbocycles. The maximum Gasteiger partial charge on any atom is 0.0175 e. The first-order valence-corrected chi connectivity index (χ1v) is 6.62. The van der Waals surface area contributed by atoms with E-state index in [9.17, 15) is 0 Å². The quantitative estimate of drug-likeness (QED) is 0.615. The van der Waals surface area contributed by atoms with E-state index in [1.807, 2.05) is 0 Å². The van der Waals surface area contributed by atoms with Crippen LogP contribution < -0.4 is 5.32 Å². The molecule has 0 heterocycles. The molecule has 0 amide bonds. The predicted molar refractivity (Wildman–Crippen MR) is 74.8 cm³/mol. The van der Waals surface area contributed by atoms with Crippen LogP contribution in [0.1, 0.15) is 25.8 Å². The molecular formula is C14H20BrN. The number of nitrogens with one attached hydrogen (secondary N) is 1. The molecule has 0 saturated carbocycles. The second-order valence-corrected chi connectivity index (χ2v) is 4.91. The SMILES string of the molecule is CCNCCC=C(C)Cc1ccc(Br)cc1. The first-order valence-electron chi connectivity index (χ1n) is 5.83. The fraction of sp³-hybridized carbons (Fsp3) is 0.429. The number of benzene rings is 1. The van der Waals surface area contributed by atoms with Crippen LogP contribution in [-0.2, 0) is 6.42 Å². The van der Waals surface area contributed by atoms with E-state index in [4.69, 9.17) is 0 Å². The second-order valence-electron chi connectivity index (χ2n) is 4.00. The van der Waals surface area contributed by atoms with Crippen molar-refractivity contribution in [1.29, 1.82) is 0 Å². The summed E-state index contributed by atoms with van der Waals surface area (Å²) in [5, 5.41) is 3.32. The van der Waals surface area contributed by atoms with Crippen molar-refractivity contribution in [2.24, 2.45) is 0 Å². The zero-order chi connectivity index (χ0) is 11.8. The Bertz CT molecular complexity index is 327. The molecule has 0 aliphatic heterocycles. The fourth-order valence-corrected chi connectivity index (χ4v) is 1.86. The normalized spacial score (nSPS) is 11.8. The van der Waals surface area contributed by atoms with Crippen molar-refractivity contribution in [3.8, 4) is 0 Å². The van der Waals surface area contributed by atoms with Gasteiger partial charge in [0.2, 0.25) is 0 Å². The fourth-order valence-electron chi connectivity index (χ4n) is 1.59. The van der Waals surface area contributed by atoms with Crippen LogP contribution in [0.2, 0.25) is 0 Å². The van der Waals surface area contributed by atoms with Crippen LogP contribution >= 0.6 is 15.9 Å². The first-order chi connectivity index (χ1) is 7.72. The maximum atomic E-state index is 3.45. The van der Waals surface area contributed by atoms with E-state index < -0.39 is 0 Å². The van der Waals surface area contributed by atoms with Crippen molar-refractivity contribution in [2.75, 3.05) is 13.1 Å².